The number of carbonyl (C=O) groups excluding carboxylic acids is 1. The molecule has 1 aromatic carbocycles. The van der Waals surface area contributed by atoms with Crippen molar-refractivity contribution in [1.82, 2.24) is 14.7 Å². The highest BCUT2D eigenvalue weighted by atomic mass is 19.4. The summed E-state index contributed by atoms with van der Waals surface area (Å²) in [6.07, 6.45) is -3.03. The van der Waals surface area contributed by atoms with E-state index in [0.29, 0.717) is 0 Å². The van der Waals surface area contributed by atoms with Crippen LogP contribution in [0.15, 0.2) is 36.5 Å². The third-order valence-electron chi connectivity index (χ3n) is 3.22. The van der Waals surface area contributed by atoms with Crippen molar-refractivity contribution in [1.29, 1.82) is 0 Å². The highest BCUT2D eigenvalue weighted by Gasteiger charge is 2.30. The Hall–Kier alpha value is -2.35. The smallest absolute Gasteiger partial charge is 0.389 e. The quantitative estimate of drug-likeness (QED) is 0.930. The Morgan fingerprint density at radius 1 is 1.29 bits per heavy atom. The zero-order valence-corrected chi connectivity index (χ0v) is 13.5. The van der Waals surface area contributed by atoms with Gasteiger partial charge in [-0.2, -0.15) is 18.3 Å². The summed E-state index contributed by atoms with van der Waals surface area (Å²) in [6.45, 7) is 3.23. The van der Waals surface area contributed by atoms with E-state index in [9.17, 15) is 23.1 Å². The predicted octanol–water partition coefficient (Wildman–Crippen LogP) is 2.73. The van der Waals surface area contributed by atoms with E-state index in [1.165, 1.54) is 41.0 Å². The number of hydrogen-bond donors (Lipinski definition) is 1. The SMILES string of the molecule is CN(CC(C)(C)O)C(=O)c1ccn(-c2cccc(C(F)(F)F)c2)n1. The first-order valence-corrected chi connectivity index (χ1v) is 7.18. The summed E-state index contributed by atoms with van der Waals surface area (Å²) < 4.78 is 39.5. The Morgan fingerprint density at radius 3 is 2.54 bits per heavy atom. The lowest BCUT2D eigenvalue weighted by atomic mass is 10.1. The van der Waals surface area contributed by atoms with Crippen LogP contribution >= 0.6 is 0 Å². The van der Waals surface area contributed by atoms with E-state index in [4.69, 9.17) is 0 Å². The van der Waals surface area contributed by atoms with Gasteiger partial charge in [0.15, 0.2) is 5.69 Å². The van der Waals surface area contributed by atoms with E-state index < -0.39 is 23.2 Å². The standard InChI is InChI=1S/C16H18F3N3O2/c1-15(2,24)10-21(3)14(23)13-7-8-22(20-13)12-6-4-5-11(9-12)16(17,18)19/h4-9,24H,10H2,1-3H3. The fraction of sp³-hybridized carbons (Fsp3) is 0.375. The molecule has 0 fully saturated rings. The van der Waals surface area contributed by atoms with Gasteiger partial charge in [0.25, 0.3) is 5.91 Å². The Balaban J connectivity index is 2.24. The van der Waals surface area contributed by atoms with Gasteiger partial charge < -0.3 is 10.0 Å². The maximum absolute atomic E-state index is 12.8. The second-order valence-electron chi connectivity index (χ2n) is 6.17. The van der Waals surface area contributed by atoms with Gasteiger partial charge in [0.1, 0.15) is 0 Å². The number of aromatic nitrogens is 2. The van der Waals surface area contributed by atoms with Gasteiger partial charge in [-0.3, -0.25) is 4.79 Å². The molecule has 0 bridgehead atoms. The van der Waals surface area contributed by atoms with Crippen LogP contribution in [0.2, 0.25) is 0 Å². The summed E-state index contributed by atoms with van der Waals surface area (Å²) in [5.74, 6) is -0.428. The molecule has 0 aliphatic rings. The number of hydrogen-bond acceptors (Lipinski definition) is 3. The Morgan fingerprint density at radius 2 is 1.96 bits per heavy atom. The molecule has 0 saturated carbocycles. The van der Waals surface area contributed by atoms with Gasteiger partial charge in [-0.1, -0.05) is 6.07 Å². The second kappa shape index (κ2) is 6.27. The summed E-state index contributed by atoms with van der Waals surface area (Å²) in [5, 5.41) is 13.8. The zero-order chi connectivity index (χ0) is 18.1. The fourth-order valence-corrected chi connectivity index (χ4v) is 2.25. The molecule has 0 aliphatic carbocycles. The molecular formula is C16H18F3N3O2. The monoisotopic (exact) mass is 341 g/mol. The Labute approximate surface area is 137 Å². The van der Waals surface area contributed by atoms with Gasteiger partial charge in [0.2, 0.25) is 0 Å². The van der Waals surface area contributed by atoms with Crippen molar-refractivity contribution in [2.75, 3.05) is 13.6 Å². The van der Waals surface area contributed by atoms with Crippen LogP contribution in [-0.4, -0.2) is 44.9 Å². The molecule has 0 saturated heterocycles. The van der Waals surface area contributed by atoms with Crippen molar-refractivity contribution in [2.45, 2.75) is 25.6 Å². The first-order valence-electron chi connectivity index (χ1n) is 7.18. The molecule has 0 spiro atoms. The lowest BCUT2D eigenvalue weighted by molar-refractivity contribution is -0.137. The Kier molecular flexibility index (Phi) is 4.70. The van der Waals surface area contributed by atoms with E-state index in [1.54, 1.807) is 13.8 Å². The molecule has 1 heterocycles. The van der Waals surface area contributed by atoms with Crippen molar-refractivity contribution in [3.63, 3.8) is 0 Å². The summed E-state index contributed by atoms with van der Waals surface area (Å²) in [4.78, 5) is 13.6. The van der Waals surface area contributed by atoms with Crippen LogP contribution in [0.1, 0.15) is 29.9 Å². The molecule has 5 nitrogen and oxygen atoms in total. The van der Waals surface area contributed by atoms with Gasteiger partial charge >= 0.3 is 6.18 Å². The lowest BCUT2D eigenvalue weighted by Crippen LogP contribution is -2.39. The largest absolute Gasteiger partial charge is 0.416 e. The molecule has 24 heavy (non-hydrogen) atoms. The molecule has 2 aromatic rings. The van der Waals surface area contributed by atoms with Gasteiger partial charge in [0, 0.05) is 19.8 Å². The van der Waals surface area contributed by atoms with E-state index >= 15 is 0 Å². The molecule has 130 valence electrons. The zero-order valence-electron chi connectivity index (χ0n) is 13.5. The highest BCUT2D eigenvalue weighted by Crippen LogP contribution is 2.30. The van der Waals surface area contributed by atoms with E-state index in [0.717, 1.165) is 12.1 Å². The summed E-state index contributed by atoms with van der Waals surface area (Å²) in [5.41, 5.74) is -1.57. The average molecular weight is 341 g/mol. The minimum atomic E-state index is -4.45. The number of benzene rings is 1. The minimum absolute atomic E-state index is 0.0826. The molecule has 0 atom stereocenters. The molecule has 1 aromatic heterocycles. The second-order valence-corrected chi connectivity index (χ2v) is 6.17. The van der Waals surface area contributed by atoms with Crippen LogP contribution < -0.4 is 0 Å². The number of aliphatic hydroxyl groups is 1. The van der Waals surface area contributed by atoms with Crippen molar-refractivity contribution in [3.8, 4) is 5.69 Å². The van der Waals surface area contributed by atoms with Crippen LogP contribution in [0.4, 0.5) is 13.2 Å². The molecule has 2 rings (SSSR count). The number of carbonyl (C=O) groups is 1. The molecule has 0 aliphatic heterocycles. The maximum Gasteiger partial charge on any atom is 0.416 e. The van der Waals surface area contributed by atoms with Crippen molar-refractivity contribution in [3.05, 3.63) is 47.8 Å². The highest BCUT2D eigenvalue weighted by molar-refractivity contribution is 5.92. The fourth-order valence-electron chi connectivity index (χ4n) is 2.25. The number of likely N-dealkylation sites (N-methyl/N-ethyl adjacent to an activating group) is 1. The Bertz CT molecular complexity index is 733. The third-order valence-corrected chi connectivity index (χ3v) is 3.22. The molecule has 0 unspecified atom stereocenters. The van der Waals surface area contributed by atoms with E-state index in [1.807, 2.05) is 0 Å². The van der Waals surface area contributed by atoms with Crippen molar-refractivity contribution < 1.29 is 23.1 Å². The van der Waals surface area contributed by atoms with Crippen LogP contribution in [-0.2, 0) is 6.18 Å². The van der Waals surface area contributed by atoms with E-state index in [2.05, 4.69) is 5.10 Å². The van der Waals surface area contributed by atoms with Crippen LogP contribution in [0, 0.1) is 0 Å². The predicted molar refractivity (Wildman–Crippen MR) is 81.8 cm³/mol. The van der Waals surface area contributed by atoms with Crippen LogP contribution in [0.3, 0.4) is 0 Å². The summed E-state index contributed by atoms with van der Waals surface area (Å²) in [7, 11) is 1.52. The third kappa shape index (κ3) is 4.35. The summed E-state index contributed by atoms with van der Waals surface area (Å²) >= 11 is 0. The van der Waals surface area contributed by atoms with Crippen LogP contribution in [0.5, 0.6) is 0 Å². The van der Waals surface area contributed by atoms with Crippen molar-refractivity contribution >= 4 is 5.91 Å². The first kappa shape index (κ1) is 18.0. The molecule has 8 heteroatoms. The maximum atomic E-state index is 12.8. The number of halogens is 3. The lowest BCUT2D eigenvalue weighted by Gasteiger charge is -2.24. The first-order chi connectivity index (χ1) is 11.0. The van der Waals surface area contributed by atoms with Crippen LogP contribution in [0.25, 0.3) is 5.69 Å². The van der Waals surface area contributed by atoms with Gasteiger partial charge in [-0.25, -0.2) is 4.68 Å². The molecular weight excluding hydrogens is 323 g/mol. The number of rotatable bonds is 4. The molecule has 1 amide bonds. The number of amides is 1. The van der Waals surface area contributed by atoms with Gasteiger partial charge in [-0.15, -0.1) is 0 Å². The molecule has 0 radical (unpaired) electrons. The number of alkyl halides is 3. The average Bonchev–Trinajstić information content (AvgIpc) is 2.93. The van der Waals surface area contributed by atoms with Gasteiger partial charge in [0.05, 0.1) is 16.9 Å². The van der Waals surface area contributed by atoms with Gasteiger partial charge in [-0.05, 0) is 38.1 Å². The molecule has 1 N–H and O–H groups in total. The normalized spacial score (nSPS) is 12.3. The number of nitrogens with zero attached hydrogens (tertiary/aromatic N) is 3. The minimum Gasteiger partial charge on any atom is -0.389 e. The van der Waals surface area contributed by atoms with Crippen molar-refractivity contribution in [2.24, 2.45) is 0 Å². The van der Waals surface area contributed by atoms with E-state index in [-0.39, 0.29) is 17.9 Å². The topological polar surface area (TPSA) is 58.4 Å². The summed E-state index contributed by atoms with van der Waals surface area (Å²) in [6, 6.07) is 6.10.